The van der Waals surface area contributed by atoms with Gasteiger partial charge in [0.15, 0.2) is 5.82 Å². The Morgan fingerprint density at radius 3 is 2.30 bits per heavy atom. The maximum Gasteiger partial charge on any atom is 0.417 e. The zero-order chi connectivity index (χ0) is 42.6. The van der Waals surface area contributed by atoms with E-state index >= 15 is 4.79 Å². The number of amides is 4. The van der Waals surface area contributed by atoms with Crippen molar-refractivity contribution in [1.82, 2.24) is 9.99 Å². The predicted octanol–water partition coefficient (Wildman–Crippen LogP) is 7.86. The first-order valence-electron chi connectivity index (χ1n) is 18.5. The van der Waals surface area contributed by atoms with E-state index in [0.29, 0.717) is 44.2 Å². The molecule has 6 atom stereocenters. The van der Waals surface area contributed by atoms with Gasteiger partial charge in [-0.25, -0.2) is 14.7 Å². The van der Waals surface area contributed by atoms with E-state index in [4.69, 9.17) is 23.2 Å². The average molecular weight is 858 g/mol. The van der Waals surface area contributed by atoms with E-state index in [1.165, 1.54) is 18.2 Å². The Kier molecular flexibility index (Phi) is 8.99. The molecule has 304 valence electrons. The third-order valence-electron chi connectivity index (χ3n) is 12.3. The van der Waals surface area contributed by atoms with E-state index < -0.39 is 98.5 Å². The molecule has 1 saturated carbocycles. The maximum atomic E-state index is 15.5. The van der Waals surface area contributed by atoms with Crippen molar-refractivity contribution < 1.29 is 52.5 Å². The minimum absolute atomic E-state index is 0.00183. The number of aromatic nitrogens is 1. The molecule has 5 aromatic rings. The Bertz CT molecular complexity index is 2760. The van der Waals surface area contributed by atoms with Crippen molar-refractivity contribution >= 4 is 75.1 Å². The van der Waals surface area contributed by atoms with Crippen LogP contribution in [0.15, 0.2) is 103 Å². The molecule has 4 amide bonds. The molecule has 4 aromatic carbocycles. The molecule has 60 heavy (non-hydrogen) atoms. The number of imide groups is 2. The first kappa shape index (κ1) is 39.0. The van der Waals surface area contributed by atoms with Gasteiger partial charge in [-0.15, -0.1) is 0 Å². The molecule has 2 aliphatic carbocycles. The van der Waals surface area contributed by atoms with Crippen LogP contribution >= 0.6 is 23.2 Å². The van der Waals surface area contributed by atoms with Crippen LogP contribution in [-0.4, -0.2) is 54.9 Å². The SMILES string of the molecule is O=C(O)c1ccc(N2C(=O)C3CC=C4C(CC5C(=O)N(Nc6ncc(C(F)(F)F)cc6Cl)C(=O)C5(c5ccc(Cl)cc5)C4c4ccc5ccccc5c4O)C3C2=O)cc1O. The van der Waals surface area contributed by atoms with Gasteiger partial charge in [-0.1, -0.05) is 83.4 Å². The number of phenolic OH excluding ortho intramolecular Hbond substituents is 1. The number of anilines is 2. The number of hydrogen-bond donors (Lipinski definition) is 4. The fourth-order valence-corrected chi connectivity index (χ4v) is 10.1. The molecule has 4 N–H and O–H groups in total. The first-order chi connectivity index (χ1) is 28.5. The number of carboxylic acids is 1. The van der Waals surface area contributed by atoms with E-state index in [1.54, 1.807) is 54.6 Å². The molecule has 1 aromatic heterocycles. The Labute approximate surface area is 347 Å². The van der Waals surface area contributed by atoms with E-state index in [0.717, 1.165) is 17.0 Å². The lowest BCUT2D eigenvalue weighted by Crippen LogP contribution is -2.53. The van der Waals surface area contributed by atoms with Gasteiger partial charge in [-0.3, -0.25) is 24.6 Å². The zero-order valence-electron chi connectivity index (χ0n) is 30.7. The van der Waals surface area contributed by atoms with Gasteiger partial charge < -0.3 is 15.3 Å². The van der Waals surface area contributed by atoms with Crippen LogP contribution < -0.4 is 10.3 Å². The summed E-state index contributed by atoms with van der Waals surface area (Å²) in [5, 5.41) is 33.6. The topological polar surface area (TPSA) is 177 Å². The highest BCUT2D eigenvalue weighted by Gasteiger charge is 2.71. The highest BCUT2D eigenvalue weighted by Crippen LogP contribution is 2.65. The van der Waals surface area contributed by atoms with Gasteiger partial charge in [0, 0.05) is 34.2 Å². The van der Waals surface area contributed by atoms with Crippen LogP contribution in [0.4, 0.5) is 24.7 Å². The maximum absolute atomic E-state index is 15.5. The number of fused-ring (bicyclic) bond motifs is 5. The van der Waals surface area contributed by atoms with Gasteiger partial charge in [0.2, 0.25) is 11.8 Å². The molecule has 2 saturated heterocycles. The van der Waals surface area contributed by atoms with Crippen molar-refractivity contribution in [2.75, 3.05) is 10.3 Å². The summed E-state index contributed by atoms with van der Waals surface area (Å²) in [5.74, 6) is -11.2. The Balaban J connectivity index is 1.24. The molecule has 3 heterocycles. The van der Waals surface area contributed by atoms with Crippen molar-refractivity contribution in [1.29, 1.82) is 0 Å². The smallest absolute Gasteiger partial charge is 0.417 e. The summed E-state index contributed by atoms with van der Waals surface area (Å²) in [5.41, 5.74) is 0.00109. The molecule has 2 aliphatic heterocycles. The number of hydrogen-bond acceptors (Lipinski definition) is 9. The Hall–Kier alpha value is -6.45. The first-order valence-corrected chi connectivity index (χ1v) is 19.3. The second-order valence-corrected chi connectivity index (χ2v) is 16.0. The second kappa shape index (κ2) is 13.8. The number of aromatic carboxylic acids is 1. The van der Waals surface area contributed by atoms with Crippen molar-refractivity contribution in [3.63, 3.8) is 0 Å². The van der Waals surface area contributed by atoms with Crippen LogP contribution in [0, 0.1) is 23.7 Å². The highest BCUT2D eigenvalue weighted by atomic mass is 35.5. The lowest BCUT2D eigenvalue weighted by Gasteiger charge is -2.50. The molecule has 0 spiro atoms. The number of alkyl halides is 3. The predicted molar refractivity (Wildman–Crippen MR) is 210 cm³/mol. The van der Waals surface area contributed by atoms with Gasteiger partial charge in [-0.05, 0) is 60.0 Å². The van der Waals surface area contributed by atoms with Gasteiger partial charge in [-0.2, -0.15) is 18.2 Å². The summed E-state index contributed by atoms with van der Waals surface area (Å²) >= 11 is 12.6. The van der Waals surface area contributed by atoms with Crippen LogP contribution in [0.5, 0.6) is 11.5 Å². The molecule has 17 heteroatoms. The summed E-state index contributed by atoms with van der Waals surface area (Å²) in [7, 11) is 0. The number of allylic oxidation sites excluding steroid dienone is 2. The summed E-state index contributed by atoms with van der Waals surface area (Å²) in [4.78, 5) is 75.5. The van der Waals surface area contributed by atoms with Crippen molar-refractivity contribution in [3.8, 4) is 11.5 Å². The number of pyridine rings is 1. The van der Waals surface area contributed by atoms with Crippen LogP contribution in [-0.2, 0) is 30.8 Å². The largest absolute Gasteiger partial charge is 0.507 e. The summed E-state index contributed by atoms with van der Waals surface area (Å²) in [6.07, 6.45) is -2.73. The van der Waals surface area contributed by atoms with Crippen LogP contribution in [0.3, 0.4) is 0 Å². The highest BCUT2D eigenvalue weighted by molar-refractivity contribution is 6.33. The van der Waals surface area contributed by atoms with E-state index in [1.807, 2.05) is 0 Å². The number of carbonyl (C=O) groups excluding carboxylic acids is 4. The number of hydrazine groups is 1. The number of nitrogens with zero attached hydrogens (tertiary/aromatic N) is 3. The summed E-state index contributed by atoms with van der Waals surface area (Å²) in [6.45, 7) is 0. The van der Waals surface area contributed by atoms with Gasteiger partial charge >= 0.3 is 12.1 Å². The van der Waals surface area contributed by atoms with Crippen molar-refractivity contribution in [2.45, 2.75) is 30.4 Å². The molecule has 12 nitrogen and oxygen atoms in total. The lowest BCUT2D eigenvalue weighted by atomic mass is 9.49. The fourth-order valence-electron chi connectivity index (χ4n) is 9.73. The Morgan fingerprint density at radius 1 is 0.883 bits per heavy atom. The van der Waals surface area contributed by atoms with E-state index in [9.17, 15) is 47.7 Å². The molecule has 9 rings (SSSR count). The molecule has 4 aliphatic rings. The molecular weight excluding hydrogens is 828 g/mol. The van der Waals surface area contributed by atoms with Gasteiger partial charge in [0.05, 0.1) is 39.4 Å². The number of carbonyl (C=O) groups is 5. The number of halogens is 5. The summed E-state index contributed by atoms with van der Waals surface area (Å²) in [6, 6.07) is 20.4. The minimum Gasteiger partial charge on any atom is -0.507 e. The standard InChI is InChI=1S/C43H29Cl2F3N4O8/c44-22-8-6-20(7-9-22)42-30(38(56)52(41(42)60)50-36-31(45)15-21(18-49-36)43(46,47)48)17-29-25(34(42)28-11-5-19-3-1-2-4-24(19)35(28)54)13-14-27-33(29)39(57)51(37(27)55)23-10-12-26(40(58)59)32(53)16-23/h1-13,15-16,18,27,29-30,33-34,53-54H,14,17H2,(H,49,50)(H,58,59). The number of carboxylic acid groups (broad SMARTS) is 1. The van der Waals surface area contributed by atoms with E-state index in [-0.39, 0.29) is 29.8 Å². The third-order valence-corrected chi connectivity index (χ3v) is 12.8. The van der Waals surface area contributed by atoms with Crippen LogP contribution in [0.1, 0.15) is 45.8 Å². The van der Waals surface area contributed by atoms with Crippen LogP contribution in [0.25, 0.3) is 10.8 Å². The average Bonchev–Trinajstić information content (AvgIpc) is 3.59. The molecule has 0 radical (unpaired) electrons. The molecule has 0 bridgehead atoms. The fraction of sp³-hybridized carbons (Fsp3) is 0.209. The second-order valence-electron chi connectivity index (χ2n) is 15.2. The molecular formula is C43H29Cl2F3N4O8. The normalized spacial score (nSPS) is 24.9. The Morgan fingerprint density at radius 2 is 1.62 bits per heavy atom. The number of benzene rings is 4. The van der Waals surface area contributed by atoms with Gasteiger partial charge in [0.1, 0.15) is 17.1 Å². The van der Waals surface area contributed by atoms with Crippen LogP contribution in [0.2, 0.25) is 10.0 Å². The number of phenols is 2. The van der Waals surface area contributed by atoms with Crippen molar-refractivity contribution in [3.05, 3.63) is 135 Å². The summed E-state index contributed by atoms with van der Waals surface area (Å²) < 4.78 is 40.7. The number of rotatable bonds is 6. The third kappa shape index (κ3) is 5.66. The number of aromatic hydroxyl groups is 2. The van der Waals surface area contributed by atoms with Crippen molar-refractivity contribution in [2.24, 2.45) is 23.7 Å². The van der Waals surface area contributed by atoms with Gasteiger partial charge in [0.25, 0.3) is 11.8 Å². The number of nitrogens with one attached hydrogen (secondary N) is 1. The monoisotopic (exact) mass is 856 g/mol. The zero-order valence-corrected chi connectivity index (χ0v) is 32.2. The molecule has 3 fully saturated rings. The van der Waals surface area contributed by atoms with E-state index in [2.05, 4.69) is 10.4 Å². The lowest BCUT2D eigenvalue weighted by molar-refractivity contribution is -0.139. The minimum atomic E-state index is -4.80. The molecule has 6 unspecified atom stereocenters. The quantitative estimate of drug-likeness (QED) is 0.0971.